The van der Waals surface area contributed by atoms with Crippen LogP contribution in [0.15, 0.2) is 12.4 Å². The largest absolute Gasteiger partial charge is 0.388 e. The zero-order valence-electron chi connectivity index (χ0n) is 12.2. The highest BCUT2D eigenvalue weighted by Crippen LogP contribution is 2.31. The maximum Gasteiger partial charge on any atom is 0.241 e. The summed E-state index contributed by atoms with van der Waals surface area (Å²) in [7, 11) is 1.78. The van der Waals surface area contributed by atoms with Gasteiger partial charge in [0, 0.05) is 25.4 Å². The van der Waals surface area contributed by atoms with Gasteiger partial charge in [0.25, 0.3) is 0 Å². The fourth-order valence-corrected chi connectivity index (χ4v) is 2.59. The third kappa shape index (κ3) is 3.58. The van der Waals surface area contributed by atoms with Gasteiger partial charge < -0.3 is 16.2 Å². The monoisotopic (exact) mass is 280 g/mol. The summed E-state index contributed by atoms with van der Waals surface area (Å²) >= 11 is 0. The molecule has 6 heteroatoms. The van der Waals surface area contributed by atoms with E-state index in [1.54, 1.807) is 24.1 Å². The van der Waals surface area contributed by atoms with E-state index >= 15 is 0 Å². The molecule has 1 fully saturated rings. The van der Waals surface area contributed by atoms with Gasteiger partial charge in [-0.1, -0.05) is 6.92 Å². The van der Waals surface area contributed by atoms with Gasteiger partial charge in [-0.3, -0.25) is 9.48 Å². The zero-order valence-corrected chi connectivity index (χ0v) is 12.2. The predicted octanol–water partition coefficient (Wildman–Crippen LogP) is 0.477. The van der Waals surface area contributed by atoms with Crippen molar-refractivity contribution < 1.29 is 9.90 Å². The average Bonchev–Trinajstić information content (AvgIpc) is 2.86. The third-order valence-electron chi connectivity index (χ3n) is 4.16. The van der Waals surface area contributed by atoms with E-state index in [4.69, 9.17) is 5.73 Å². The van der Waals surface area contributed by atoms with Gasteiger partial charge in [-0.15, -0.1) is 0 Å². The highest BCUT2D eigenvalue weighted by molar-refractivity contribution is 5.82. The molecule has 1 amide bonds. The molecule has 20 heavy (non-hydrogen) atoms. The summed E-state index contributed by atoms with van der Waals surface area (Å²) in [6.07, 6.45) is 6.78. The molecule has 1 aliphatic rings. The molecular weight excluding hydrogens is 256 g/mol. The van der Waals surface area contributed by atoms with E-state index < -0.39 is 11.6 Å². The van der Waals surface area contributed by atoms with E-state index in [9.17, 15) is 9.90 Å². The van der Waals surface area contributed by atoms with Crippen LogP contribution in [0, 0.1) is 5.92 Å². The number of carbonyl (C=O) groups is 1. The van der Waals surface area contributed by atoms with Crippen molar-refractivity contribution in [1.29, 1.82) is 0 Å². The number of nitrogens with zero attached hydrogens (tertiary/aromatic N) is 2. The number of aryl methyl sites for hydroxylation is 1. The second kappa shape index (κ2) is 5.93. The average molecular weight is 280 g/mol. The number of amides is 1. The second-order valence-corrected chi connectivity index (χ2v) is 6.05. The minimum atomic E-state index is -0.781. The van der Waals surface area contributed by atoms with Gasteiger partial charge in [0.05, 0.1) is 11.8 Å². The molecule has 1 aliphatic carbocycles. The molecule has 0 spiro atoms. The van der Waals surface area contributed by atoms with Crippen molar-refractivity contribution in [3.8, 4) is 0 Å². The maximum absolute atomic E-state index is 12.0. The second-order valence-electron chi connectivity index (χ2n) is 6.05. The van der Waals surface area contributed by atoms with Crippen molar-refractivity contribution in [1.82, 2.24) is 15.1 Å². The van der Waals surface area contributed by atoms with E-state index in [1.807, 2.05) is 0 Å². The van der Waals surface area contributed by atoms with Crippen LogP contribution < -0.4 is 11.1 Å². The Morgan fingerprint density at radius 3 is 2.85 bits per heavy atom. The van der Waals surface area contributed by atoms with Crippen LogP contribution in [0.2, 0.25) is 0 Å². The van der Waals surface area contributed by atoms with Crippen molar-refractivity contribution in [2.75, 3.05) is 6.54 Å². The summed E-state index contributed by atoms with van der Waals surface area (Å²) in [5.74, 6) is 0.383. The first-order valence-corrected chi connectivity index (χ1v) is 7.14. The lowest BCUT2D eigenvalue weighted by Crippen LogP contribution is -2.47. The number of hydrogen-bond acceptors (Lipinski definition) is 4. The summed E-state index contributed by atoms with van der Waals surface area (Å²) in [6, 6.07) is -0.741. The minimum Gasteiger partial charge on any atom is -0.388 e. The Morgan fingerprint density at radius 2 is 2.30 bits per heavy atom. The van der Waals surface area contributed by atoms with Gasteiger partial charge in [-0.25, -0.2) is 0 Å². The number of rotatable bonds is 4. The van der Waals surface area contributed by atoms with Gasteiger partial charge in [0.2, 0.25) is 5.91 Å². The van der Waals surface area contributed by atoms with Crippen molar-refractivity contribution in [3.05, 3.63) is 18.0 Å². The number of carbonyl (C=O) groups excluding carboxylic acids is 1. The van der Waals surface area contributed by atoms with Crippen LogP contribution in [0.4, 0.5) is 0 Å². The van der Waals surface area contributed by atoms with Gasteiger partial charge >= 0.3 is 0 Å². The molecular formula is C14H24N4O2. The Bertz CT molecular complexity index is 463. The van der Waals surface area contributed by atoms with E-state index in [2.05, 4.69) is 17.3 Å². The summed E-state index contributed by atoms with van der Waals surface area (Å²) in [6.45, 7) is 2.46. The molecule has 1 unspecified atom stereocenters. The molecule has 0 aromatic carbocycles. The van der Waals surface area contributed by atoms with Crippen molar-refractivity contribution in [2.24, 2.45) is 18.7 Å². The van der Waals surface area contributed by atoms with E-state index in [1.165, 1.54) is 0 Å². The number of aromatic nitrogens is 2. The van der Waals surface area contributed by atoms with Crippen molar-refractivity contribution >= 4 is 5.91 Å². The molecule has 4 N–H and O–H groups in total. The highest BCUT2D eigenvalue weighted by atomic mass is 16.3. The quantitative estimate of drug-likeness (QED) is 0.747. The minimum absolute atomic E-state index is 0.270. The summed E-state index contributed by atoms with van der Waals surface area (Å²) in [4.78, 5) is 12.0. The summed E-state index contributed by atoms with van der Waals surface area (Å²) < 4.78 is 1.61. The normalized spacial score (nSPS) is 28.1. The van der Waals surface area contributed by atoms with E-state index in [-0.39, 0.29) is 12.5 Å². The Morgan fingerprint density at radius 1 is 1.65 bits per heavy atom. The van der Waals surface area contributed by atoms with Crippen LogP contribution in [-0.4, -0.2) is 32.9 Å². The van der Waals surface area contributed by atoms with Gasteiger partial charge in [0.15, 0.2) is 0 Å². The molecule has 112 valence electrons. The molecule has 1 saturated carbocycles. The first-order chi connectivity index (χ1) is 9.39. The molecule has 6 nitrogen and oxygen atoms in total. The van der Waals surface area contributed by atoms with Gasteiger partial charge in [-0.2, -0.15) is 5.10 Å². The van der Waals surface area contributed by atoms with Gasteiger partial charge in [0.1, 0.15) is 6.04 Å². The lowest BCUT2D eigenvalue weighted by molar-refractivity contribution is -0.124. The number of nitrogens with one attached hydrogen (secondary N) is 1. The molecule has 1 aromatic heterocycles. The molecule has 1 atom stereocenters. The lowest BCUT2D eigenvalue weighted by atomic mass is 9.79. The van der Waals surface area contributed by atoms with Crippen LogP contribution in [-0.2, 0) is 11.8 Å². The lowest BCUT2D eigenvalue weighted by Gasteiger charge is -2.35. The SMILES string of the molecule is CC1CCC(O)(CNC(=O)C(N)c2cnn(C)c2)CC1. The smallest absolute Gasteiger partial charge is 0.241 e. The maximum atomic E-state index is 12.0. The molecule has 1 heterocycles. The molecule has 0 aliphatic heterocycles. The Labute approximate surface area is 119 Å². The van der Waals surface area contributed by atoms with Crippen LogP contribution in [0.25, 0.3) is 0 Å². The molecule has 1 aromatic rings. The van der Waals surface area contributed by atoms with Crippen molar-refractivity contribution in [3.63, 3.8) is 0 Å². The van der Waals surface area contributed by atoms with Crippen LogP contribution in [0.3, 0.4) is 0 Å². The van der Waals surface area contributed by atoms with E-state index in [0.29, 0.717) is 11.5 Å². The number of hydrogen-bond donors (Lipinski definition) is 3. The first-order valence-electron chi connectivity index (χ1n) is 7.14. The molecule has 0 radical (unpaired) electrons. The number of aliphatic hydroxyl groups is 1. The van der Waals surface area contributed by atoms with Crippen LogP contribution >= 0.6 is 0 Å². The van der Waals surface area contributed by atoms with Crippen LogP contribution in [0.1, 0.15) is 44.2 Å². The van der Waals surface area contributed by atoms with Crippen molar-refractivity contribution in [2.45, 2.75) is 44.2 Å². The number of nitrogens with two attached hydrogens (primary N) is 1. The molecule has 0 bridgehead atoms. The Balaban J connectivity index is 1.85. The Hall–Kier alpha value is -1.40. The fraction of sp³-hybridized carbons (Fsp3) is 0.714. The fourth-order valence-electron chi connectivity index (χ4n) is 2.59. The first kappa shape index (κ1) is 15.0. The summed E-state index contributed by atoms with van der Waals surface area (Å²) in [5.41, 5.74) is 5.78. The van der Waals surface area contributed by atoms with Gasteiger partial charge in [-0.05, 0) is 31.6 Å². The highest BCUT2D eigenvalue weighted by Gasteiger charge is 2.32. The summed E-state index contributed by atoms with van der Waals surface area (Å²) in [5, 5.41) is 17.2. The molecule has 2 rings (SSSR count). The zero-order chi connectivity index (χ0) is 14.8. The Kier molecular flexibility index (Phi) is 4.45. The predicted molar refractivity (Wildman–Crippen MR) is 75.7 cm³/mol. The standard InChI is InChI=1S/C14H24N4O2/c1-10-3-5-14(20,6-4-10)9-16-13(19)12(15)11-7-17-18(2)8-11/h7-8,10,12,20H,3-6,9,15H2,1-2H3,(H,16,19). The topological polar surface area (TPSA) is 93.2 Å². The van der Waals surface area contributed by atoms with E-state index in [0.717, 1.165) is 25.7 Å². The molecule has 0 saturated heterocycles. The third-order valence-corrected chi connectivity index (χ3v) is 4.16. The van der Waals surface area contributed by atoms with Crippen LogP contribution in [0.5, 0.6) is 0 Å².